The molecule has 0 fully saturated rings. The molecule has 1 unspecified atom stereocenters. The Kier molecular flexibility index (Phi) is 5.63. The van der Waals surface area contributed by atoms with Crippen molar-refractivity contribution in [2.45, 2.75) is 4.81 Å². The number of rotatable bonds is 6. The molecule has 0 amide bonds. The summed E-state index contributed by atoms with van der Waals surface area (Å²) in [6, 6.07) is 26.4. The third-order valence-electron chi connectivity index (χ3n) is 4.11. The third-order valence-corrected chi connectivity index (χ3v) is 6.63. The van der Waals surface area contributed by atoms with Gasteiger partial charge < -0.3 is 0 Å². The van der Waals surface area contributed by atoms with Gasteiger partial charge in [-0.1, -0.05) is 0 Å². The van der Waals surface area contributed by atoms with Crippen LogP contribution in [0.15, 0.2) is 89.9 Å². The summed E-state index contributed by atoms with van der Waals surface area (Å²) in [4.78, 5) is -0.0227. The Morgan fingerprint density at radius 2 is 1.31 bits per heavy atom. The topological polar surface area (TPSA) is 99.7 Å². The number of nitrogens with one attached hydrogen (secondary N) is 1. The first-order chi connectivity index (χ1) is 13.9. The Balaban J connectivity index is 1.55. The van der Waals surface area contributed by atoms with Gasteiger partial charge in [0, 0.05) is 0 Å². The van der Waals surface area contributed by atoms with Crippen molar-refractivity contribution in [3.63, 3.8) is 0 Å². The molecule has 1 heterocycles. The minimum absolute atomic E-state index is 0.451. The second-order valence-corrected chi connectivity index (χ2v) is 9.17. The fraction of sp³-hybridized carbons (Fsp3) is 0.0476. The molecule has 6 nitrogen and oxygen atoms in total. The van der Waals surface area contributed by atoms with Crippen molar-refractivity contribution < 1.29 is 33.2 Å². The molecule has 4 rings (SSSR count). The number of benzene rings is 3. The Hall–Kier alpha value is -2.35. The van der Waals surface area contributed by atoms with Crippen LogP contribution in [0.4, 0.5) is 5.69 Å². The molecule has 0 saturated carbocycles. The monoisotopic (exact) mass is 477 g/mol. The SMILES string of the molecule is [O-][Cl+3]([O-])([O-])OC1(Nc2ccccc2)OC(c2ccc(-c3ccccc3)cc2)=C[Se]1. The van der Waals surface area contributed by atoms with Gasteiger partial charge in [0.1, 0.15) is 0 Å². The first-order valence-corrected chi connectivity index (χ1v) is 11.7. The predicted octanol–water partition coefficient (Wildman–Crippen LogP) is 1.02. The number of hydrogen-bond donors (Lipinski definition) is 1. The van der Waals surface area contributed by atoms with E-state index in [1.165, 1.54) is 0 Å². The van der Waals surface area contributed by atoms with E-state index in [1.54, 1.807) is 29.2 Å². The summed E-state index contributed by atoms with van der Waals surface area (Å²) in [5.74, 6) is 0.451. The van der Waals surface area contributed by atoms with Crippen molar-refractivity contribution in [3.05, 3.63) is 95.5 Å². The van der Waals surface area contributed by atoms with Gasteiger partial charge in [-0.2, -0.15) is 0 Å². The zero-order valence-electron chi connectivity index (χ0n) is 15.0. The van der Waals surface area contributed by atoms with Crippen LogP contribution in [0.25, 0.3) is 16.9 Å². The molecule has 1 aliphatic heterocycles. The van der Waals surface area contributed by atoms with Crippen molar-refractivity contribution in [3.8, 4) is 11.1 Å². The number of halogens is 1. The maximum absolute atomic E-state index is 11.3. The van der Waals surface area contributed by atoms with E-state index in [9.17, 15) is 14.0 Å². The van der Waals surface area contributed by atoms with E-state index in [2.05, 4.69) is 5.32 Å². The molecule has 3 aromatic carbocycles. The molecule has 148 valence electrons. The average molecular weight is 477 g/mol. The molecule has 0 aliphatic carbocycles. The Labute approximate surface area is 176 Å². The molecule has 0 bridgehead atoms. The van der Waals surface area contributed by atoms with Gasteiger partial charge in [-0.15, -0.1) is 0 Å². The molecule has 0 radical (unpaired) electrons. The van der Waals surface area contributed by atoms with Gasteiger partial charge in [-0.05, 0) is 0 Å². The Morgan fingerprint density at radius 3 is 1.93 bits per heavy atom. The molecular formula is C21H16ClNO5Se. The predicted molar refractivity (Wildman–Crippen MR) is 101 cm³/mol. The number of anilines is 1. The van der Waals surface area contributed by atoms with Crippen LogP contribution in [0.5, 0.6) is 0 Å². The molecule has 29 heavy (non-hydrogen) atoms. The maximum atomic E-state index is 11.3. The van der Waals surface area contributed by atoms with Crippen molar-refractivity contribution in [2.75, 3.05) is 5.32 Å². The number of ether oxygens (including phenoxy) is 1. The van der Waals surface area contributed by atoms with Crippen molar-refractivity contribution >= 4 is 26.4 Å². The van der Waals surface area contributed by atoms with Crippen LogP contribution < -0.4 is 19.3 Å². The zero-order chi connectivity index (χ0) is 20.3. The van der Waals surface area contributed by atoms with E-state index in [-0.39, 0.29) is 0 Å². The second-order valence-electron chi connectivity index (χ2n) is 6.15. The van der Waals surface area contributed by atoms with E-state index in [0.29, 0.717) is 11.4 Å². The van der Waals surface area contributed by atoms with E-state index >= 15 is 0 Å². The molecule has 0 aromatic heterocycles. The summed E-state index contributed by atoms with van der Waals surface area (Å²) in [7, 11) is -4.69. The van der Waals surface area contributed by atoms with Crippen LogP contribution in [0.3, 0.4) is 0 Å². The van der Waals surface area contributed by atoms with E-state index in [4.69, 9.17) is 9.03 Å². The molecule has 8 heteroatoms. The summed E-state index contributed by atoms with van der Waals surface area (Å²) < 4.78 is 44.5. The van der Waals surface area contributed by atoms with Crippen molar-refractivity contribution in [1.82, 2.24) is 0 Å². The standard InChI is InChI=1S/C21H16ClNO5Se/c24-22(25,26)28-21(23-19-9-5-2-6-10-19)27-20(15-29-21)18-13-11-17(12-14-18)16-7-3-1-4-8-16/h1-15,23H. The summed E-state index contributed by atoms with van der Waals surface area (Å²) in [6.45, 7) is 0. The summed E-state index contributed by atoms with van der Waals surface area (Å²) in [6.07, 6.45) is 0. The van der Waals surface area contributed by atoms with Gasteiger partial charge in [0.15, 0.2) is 0 Å². The molecule has 1 atom stereocenters. The van der Waals surface area contributed by atoms with Gasteiger partial charge in [0.25, 0.3) is 0 Å². The second kappa shape index (κ2) is 8.18. The summed E-state index contributed by atoms with van der Waals surface area (Å²) in [5.41, 5.74) is 3.46. The third kappa shape index (κ3) is 4.98. The fourth-order valence-electron chi connectivity index (χ4n) is 2.84. The first kappa shape index (κ1) is 19.9. The van der Waals surface area contributed by atoms with E-state index in [0.717, 1.165) is 16.7 Å². The number of para-hydroxylation sites is 1. The van der Waals surface area contributed by atoms with Crippen LogP contribution in [-0.2, 0) is 9.03 Å². The normalized spacial score (nSPS) is 18.8. The Bertz CT molecular complexity index is 993. The van der Waals surface area contributed by atoms with Gasteiger partial charge in [0.2, 0.25) is 0 Å². The molecule has 0 saturated heterocycles. The minimum atomic E-state index is -4.69. The van der Waals surface area contributed by atoms with Gasteiger partial charge in [0.05, 0.1) is 0 Å². The van der Waals surface area contributed by atoms with Crippen LogP contribution in [0.1, 0.15) is 5.56 Å². The molecule has 1 N–H and O–H groups in total. The first-order valence-electron chi connectivity index (χ1n) is 8.60. The van der Waals surface area contributed by atoms with Crippen LogP contribution in [0.2, 0.25) is 0 Å². The van der Waals surface area contributed by atoms with Crippen molar-refractivity contribution in [2.24, 2.45) is 0 Å². The zero-order valence-corrected chi connectivity index (χ0v) is 17.5. The molecule has 3 aromatic rings. The summed E-state index contributed by atoms with van der Waals surface area (Å²) in [5, 5.41) is 2.89. The van der Waals surface area contributed by atoms with Crippen molar-refractivity contribution in [1.29, 1.82) is 0 Å². The molecule has 1 aliphatic rings. The van der Waals surface area contributed by atoms with E-state index < -0.39 is 30.0 Å². The Morgan fingerprint density at radius 1 is 0.759 bits per heavy atom. The van der Waals surface area contributed by atoms with Crippen LogP contribution in [-0.4, -0.2) is 19.8 Å². The molecular weight excluding hydrogens is 461 g/mol. The summed E-state index contributed by atoms with van der Waals surface area (Å²) >= 11 is -0.624. The average Bonchev–Trinajstić information content (AvgIpc) is 3.11. The number of hydrogen-bond acceptors (Lipinski definition) is 6. The van der Waals surface area contributed by atoms with Gasteiger partial charge in [-0.3, -0.25) is 0 Å². The van der Waals surface area contributed by atoms with Crippen LogP contribution in [0, 0.1) is 10.2 Å². The van der Waals surface area contributed by atoms with E-state index in [1.807, 2.05) is 60.7 Å². The quantitative estimate of drug-likeness (QED) is 0.421. The van der Waals surface area contributed by atoms with Gasteiger partial charge in [-0.25, -0.2) is 0 Å². The van der Waals surface area contributed by atoms with Crippen LogP contribution >= 0.6 is 0 Å². The van der Waals surface area contributed by atoms with Gasteiger partial charge >= 0.3 is 176 Å². The fourth-order valence-corrected chi connectivity index (χ4v) is 5.51. The molecule has 0 spiro atoms.